The summed E-state index contributed by atoms with van der Waals surface area (Å²) in [6.45, 7) is 5.07. The maximum Gasteiger partial charge on any atom is 0.236 e. The number of amides is 1. The Morgan fingerprint density at radius 2 is 1.60 bits per heavy atom. The highest BCUT2D eigenvalue weighted by Crippen LogP contribution is 2.24. The van der Waals surface area contributed by atoms with E-state index in [9.17, 15) is 4.79 Å². The smallest absolute Gasteiger partial charge is 0.236 e. The number of nitrogens with zero attached hydrogens (tertiary/aromatic N) is 2. The van der Waals surface area contributed by atoms with Crippen LogP contribution in [0.15, 0.2) is 0 Å². The predicted molar refractivity (Wildman–Crippen MR) is 82.7 cm³/mol. The van der Waals surface area contributed by atoms with Gasteiger partial charge in [-0.25, -0.2) is 0 Å². The van der Waals surface area contributed by atoms with Gasteiger partial charge in [0, 0.05) is 39.3 Å². The van der Waals surface area contributed by atoms with Crippen molar-refractivity contribution in [3.05, 3.63) is 0 Å². The molecule has 1 aliphatic carbocycles. The van der Waals surface area contributed by atoms with E-state index in [2.05, 4.69) is 17.1 Å². The number of piperidine rings is 1. The van der Waals surface area contributed by atoms with Gasteiger partial charge in [0.1, 0.15) is 0 Å². The predicted octanol–water partition coefficient (Wildman–Crippen LogP) is 1.71. The van der Waals surface area contributed by atoms with E-state index in [1.54, 1.807) is 4.90 Å². The molecule has 2 aliphatic rings. The highest BCUT2D eigenvalue weighted by Gasteiger charge is 2.25. The molecule has 0 spiro atoms. The minimum atomic E-state index is 0.220. The van der Waals surface area contributed by atoms with Gasteiger partial charge in [-0.2, -0.15) is 0 Å². The first-order valence-electron chi connectivity index (χ1n) is 8.23. The van der Waals surface area contributed by atoms with Crippen molar-refractivity contribution in [2.24, 2.45) is 5.92 Å². The van der Waals surface area contributed by atoms with Gasteiger partial charge in [0.25, 0.3) is 0 Å². The number of carbonyl (C=O) groups excluding carboxylic acids is 1. The van der Waals surface area contributed by atoms with E-state index < -0.39 is 0 Å². The van der Waals surface area contributed by atoms with Gasteiger partial charge in [-0.05, 0) is 44.4 Å². The lowest BCUT2D eigenvalue weighted by atomic mass is 9.86. The maximum absolute atomic E-state index is 11.7. The summed E-state index contributed by atoms with van der Waals surface area (Å²) in [6.07, 6.45) is 7.84. The zero-order chi connectivity index (χ0) is 14.5. The van der Waals surface area contributed by atoms with Crippen molar-refractivity contribution >= 4 is 5.91 Å². The molecule has 20 heavy (non-hydrogen) atoms. The molecule has 1 saturated carbocycles. The van der Waals surface area contributed by atoms with Gasteiger partial charge in [-0.15, -0.1) is 0 Å². The van der Waals surface area contributed by atoms with Crippen LogP contribution < -0.4 is 5.32 Å². The average molecular weight is 281 g/mol. The Morgan fingerprint density at radius 3 is 2.15 bits per heavy atom. The number of likely N-dealkylation sites (N-methyl/N-ethyl adjacent to an activating group) is 1. The molecule has 0 atom stereocenters. The number of nitrogens with one attached hydrogen (secondary N) is 1. The van der Waals surface area contributed by atoms with Crippen molar-refractivity contribution < 1.29 is 4.79 Å². The molecule has 0 aromatic carbocycles. The molecular weight excluding hydrogens is 250 g/mol. The zero-order valence-electron chi connectivity index (χ0n) is 13.4. The van der Waals surface area contributed by atoms with E-state index in [0.29, 0.717) is 12.6 Å². The number of carbonyl (C=O) groups is 1. The van der Waals surface area contributed by atoms with Gasteiger partial charge in [0.05, 0.1) is 6.54 Å². The lowest BCUT2D eigenvalue weighted by Crippen LogP contribution is -2.48. The van der Waals surface area contributed by atoms with E-state index >= 15 is 0 Å². The number of rotatable bonds is 4. The second-order valence-corrected chi connectivity index (χ2v) is 6.96. The second kappa shape index (κ2) is 7.41. The van der Waals surface area contributed by atoms with E-state index in [-0.39, 0.29) is 5.91 Å². The molecule has 2 rings (SSSR count). The second-order valence-electron chi connectivity index (χ2n) is 6.96. The van der Waals surface area contributed by atoms with Crippen molar-refractivity contribution in [2.45, 2.75) is 57.5 Å². The molecule has 0 radical (unpaired) electrons. The van der Waals surface area contributed by atoms with Crippen LogP contribution in [0.1, 0.15) is 45.4 Å². The van der Waals surface area contributed by atoms with Crippen LogP contribution in [0, 0.1) is 5.92 Å². The molecule has 1 saturated heterocycles. The lowest BCUT2D eigenvalue weighted by Gasteiger charge is -2.36. The van der Waals surface area contributed by atoms with E-state index in [0.717, 1.165) is 25.0 Å². The highest BCUT2D eigenvalue weighted by molar-refractivity contribution is 5.77. The Hall–Kier alpha value is -0.610. The van der Waals surface area contributed by atoms with Crippen LogP contribution >= 0.6 is 0 Å². The largest absolute Gasteiger partial charge is 0.348 e. The van der Waals surface area contributed by atoms with Crippen LogP contribution in [-0.4, -0.2) is 61.5 Å². The van der Waals surface area contributed by atoms with Gasteiger partial charge >= 0.3 is 0 Å². The zero-order valence-corrected chi connectivity index (χ0v) is 13.4. The van der Waals surface area contributed by atoms with Gasteiger partial charge in [-0.1, -0.05) is 6.92 Å². The third-order valence-corrected chi connectivity index (χ3v) is 4.93. The minimum Gasteiger partial charge on any atom is -0.348 e. The first-order chi connectivity index (χ1) is 9.54. The van der Waals surface area contributed by atoms with E-state index in [4.69, 9.17) is 0 Å². The minimum absolute atomic E-state index is 0.220. The molecule has 1 aliphatic heterocycles. The normalized spacial score (nSPS) is 29.4. The van der Waals surface area contributed by atoms with Crippen LogP contribution in [-0.2, 0) is 4.79 Å². The number of likely N-dealkylation sites (tertiary alicyclic amines) is 1. The van der Waals surface area contributed by atoms with Crippen LogP contribution in [0.3, 0.4) is 0 Å². The number of hydrogen-bond donors (Lipinski definition) is 1. The van der Waals surface area contributed by atoms with Crippen molar-refractivity contribution in [3.63, 3.8) is 0 Å². The maximum atomic E-state index is 11.7. The lowest BCUT2D eigenvalue weighted by molar-refractivity contribution is -0.130. The summed E-state index contributed by atoms with van der Waals surface area (Å²) in [4.78, 5) is 15.7. The molecule has 4 nitrogen and oxygen atoms in total. The summed E-state index contributed by atoms with van der Waals surface area (Å²) in [5.74, 6) is 1.14. The Balaban J connectivity index is 1.65. The summed E-state index contributed by atoms with van der Waals surface area (Å²) >= 11 is 0. The topological polar surface area (TPSA) is 35.6 Å². The molecule has 0 aromatic rings. The Morgan fingerprint density at radius 1 is 1.05 bits per heavy atom. The molecule has 2 fully saturated rings. The van der Waals surface area contributed by atoms with Gasteiger partial charge < -0.3 is 10.2 Å². The third-order valence-electron chi connectivity index (χ3n) is 4.93. The van der Waals surface area contributed by atoms with Crippen LogP contribution in [0.2, 0.25) is 0 Å². The molecule has 116 valence electrons. The van der Waals surface area contributed by atoms with Crippen LogP contribution in [0.4, 0.5) is 0 Å². The summed E-state index contributed by atoms with van der Waals surface area (Å²) in [5.41, 5.74) is 0. The summed E-state index contributed by atoms with van der Waals surface area (Å²) < 4.78 is 0. The molecule has 4 heteroatoms. The van der Waals surface area contributed by atoms with Crippen molar-refractivity contribution in [1.82, 2.24) is 15.1 Å². The summed E-state index contributed by atoms with van der Waals surface area (Å²) in [7, 11) is 3.67. The third kappa shape index (κ3) is 4.74. The van der Waals surface area contributed by atoms with Crippen molar-refractivity contribution in [3.8, 4) is 0 Å². The summed E-state index contributed by atoms with van der Waals surface area (Å²) in [6, 6.07) is 1.41. The van der Waals surface area contributed by atoms with Gasteiger partial charge in [0.15, 0.2) is 0 Å². The standard InChI is InChI=1S/C16H31N3O/c1-13-4-6-14(7-5-13)17-15-8-10-19(11-9-15)12-16(20)18(2)3/h13-15,17H,4-12H2,1-3H3. The van der Waals surface area contributed by atoms with Crippen molar-refractivity contribution in [1.29, 1.82) is 0 Å². The monoisotopic (exact) mass is 281 g/mol. The Labute approximate surface area is 123 Å². The summed E-state index contributed by atoms with van der Waals surface area (Å²) in [5, 5.41) is 3.85. The van der Waals surface area contributed by atoms with E-state index in [1.165, 1.54) is 38.5 Å². The van der Waals surface area contributed by atoms with Crippen LogP contribution in [0.25, 0.3) is 0 Å². The first kappa shape index (κ1) is 15.8. The molecule has 1 amide bonds. The quantitative estimate of drug-likeness (QED) is 0.852. The first-order valence-corrected chi connectivity index (χ1v) is 8.23. The molecular formula is C16H31N3O. The fraction of sp³-hybridized carbons (Fsp3) is 0.938. The number of hydrogen-bond acceptors (Lipinski definition) is 3. The highest BCUT2D eigenvalue weighted by atomic mass is 16.2. The Bertz CT molecular complexity index is 303. The molecule has 0 unspecified atom stereocenters. The van der Waals surface area contributed by atoms with Crippen molar-refractivity contribution in [2.75, 3.05) is 33.7 Å². The molecule has 1 N–H and O–H groups in total. The molecule has 0 bridgehead atoms. The van der Waals surface area contributed by atoms with Gasteiger partial charge in [0.2, 0.25) is 5.91 Å². The average Bonchev–Trinajstić information content (AvgIpc) is 2.43. The molecule has 0 aromatic heterocycles. The fourth-order valence-corrected chi connectivity index (χ4v) is 3.35. The van der Waals surface area contributed by atoms with Crippen LogP contribution in [0.5, 0.6) is 0 Å². The Kier molecular flexibility index (Phi) is 5.85. The van der Waals surface area contributed by atoms with Gasteiger partial charge in [-0.3, -0.25) is 9.69 Å². The molecule has 1 heterocycles. The SMILES string of the molecule is CC1CCC(NC2CCN(CC(=O)N(C)C)CC2)CC1. The van der Waals surface area contributed by atoms with E-state index in [1.807, 2.05) is 14.1 Å². The fourth-order valence-electron chi connectivity index (χ4n) is 3.35.